The number of hydrogen-bond acceptors (Lipinski definition) is 5. The molecule has 8 heteroatoms. The number of carbonyl (C=O) groups excluding carboxylic acids is 1. The number of aryl methyl sites for hydroxylation is 1. The zero-order valence-corrected chi connectivity index (χ0v) is 20.5. The van der Waals surface area contributed by atoms with Gasteiger partial charge >= 0.3 is 0 Å². The van der Waals surface area contributed by atoms with Crippen molar-refractivity contribution in [1.82, 2.24) is 19.3 Å². The van der Waals surface area contributed by atoms with Gasteiger partial charge in [0.1, 0.15) is 0 Å². The lowest BCUT2D eigenvalue weighted by atomic mass is 10.1. The number of nitrogens with one attached hydrogen (secondary N) is 1. The highest BCUT2D eigenvalue weighted by Gasteiger charge is 2.19. The van der Waals surface area contributed by atoms with Crippen LogP contribution in [0.2, 0.25) is 0 Å². The summed E-state index contributed by atoms with van der Waals surface area (Å²) in [6.07, 6.45) is 3.47. The Balaban J connectivity index is 1.45. The second-order valence-corrected chi connectivity index (χ2v) is 9.99. The average molecular weight is 484 g/mol. The Morgan fingerprint density at radius 3 is 2.57 bits per heavy atom. The summed E-state index contributed by atoms with van der Waals surface area (Å²) in [5, 5.41) is 8.22. The highest BCUT2D eigenvalue weighted by Crippen LogP contribution is 2.31. The summed E-state index contributed by atoms with van der Waals surface area (Å²) in [7, 11) is 0. The van der Waals surface area contributed by atoms with Gasteiger partial charge in [0.25, 0.3) is 11.5 Å². The van der Waals surface area contributed by atoms with Gasteiger partial charge in [0.15, 0.2) is 5.65 Å². The number of nitrogens with zero attached hydrogens (tertiary/aromatic N) is 4. The van der Waals surface area contributed by atoms with Gasteiger partial charge in [-0.05, 0) is 62.7 Å². The third-order valence-corrected chi connectivity index (χ3v) is 6.78. The molecular formula is C27H25N5O2S. The number of benzene rings is 1. The topological polar surface area (TPSA) is 81.8 Å². The molecular weight excluding hydrogens is 458 g/mol. The van der Waals surface area contributed by atoms with Crippen molar-refractivity contribution in [2.75, 3.05) is 5.32 Å². The quantitative estimate of drug-likeness (QED) is 0.345. The van der Waals surface area contributed by atoms with Crippen LogP contribution in [0.5, 0.6) is 0 Å². The Morgan fingerprint density at radius 2 is 1.89 bits per heavy atom. The molecule has 0 saturated heterocycles. The lowest BCUT2D eigenvalue weighted by Crippen LogP contribution is -2.18. The predicted octanol–water partition coefficient (Wildman–Crippen LogP) is 5.51. The predicted molar refractivity (Wildman–Crippen MR) is 140 cm³/mol. The van der Waals surface area contributed by atoms with Gasteiger partial charge in [-0.25, -0.2) is 9.67 Å². The Bertz CT molecular complexity index is 1580. The van der Waals surface area contributed by atoms with Crippen LogP contribution >= 0.6 is 11.3 Å². The van der Waals surface area contributed by atoms with Crippen molar-refractivity contribution in [3.8, 4) is 10.6 Å². The Hall–Kier alpha value is -4.04. The van der Waals surface area contributed by atoms with E-state index in [9.17, 15) is 9.59 Å². The highest BCUT2D eigenvalue weighted by atomic mass is 32.1. The maximum absolute atomic E-state index is 13.4. The number of carbonyl (C=O) groups is 1. The van der Waals surface area contributed by atoms with Gasteiger partial charge < -0.3 is 9.88 Å². The van der Waals surface area contributed by atoms with E-state index in [4.69, 9.17) is 4.98 Å². The standard InChI is InChI=1S/C27H25N5O2S/c1-17(2)32-26-22(15-28-32)21(14-23(30-26)24-12-7-18(3)35-24)27(34)29-20-10-8-19(9-11-20)16-31-13-5-4-6-25(31)33/h4-15,17H,16H2,1-3H3,(H,29,34). The first-order valence-electron chi connectivity index (χ1n) is 11.4. The Kier molecular flexibility index (Phi) is 6.05. The second-order valence-electron chi connectivity index (χ2n) is 8.70. The fourth-order valence-corrected chi connectivity index (χ4v) is 4.79. The van der Waals surface area contributed by atoms with Gasteiger partial charge in [0.05, 0.1) is 34.3 Å². The fourth-order valence-electron chi connectivity index (χ4n) is 3.96. The first kappa shape index (κ1) is 22.7. The maximum atomic E-state index is 13.4. The molecule has 0 unspecified atom stereocenters. The second kappa shape index (κ2) is 9.31. The largest absolute Gasteiger partial charge is 0.322 e. The van der Waals surface area contributed by atoms with E-state index in [-0.39, 0.29) is 17.5 Å². The molecule has 0 saturated carbocycles. The Morgan fingerprint density at radius 1 is 1.09 bits per heavy atom. The normalized spacial score (nSPS) is 11.3. The van der Waals surface area contributed by atoms with Crippen LogP contribution < -0.4 is 10.9 Å². The monoisotopic (exact) mass is 483 g/mol. The molecule has 0 bridgehead atoms. The van der Waals surface area contributed by atoms with Gasteiger partial charge in [-0.3, -0.25) is 9.59 Å². The molecule has 1 amide bonds. The first-order chi connectivity index (χ1) is 16.9. The fraction of sp³-hybridized carbons (Fsp3) is 0.185. The van der Waals surface area contributed by atoms with Crippen LogP contribution in [0.4, 0.5) is 5.69 Å². The summed E-state index contributed by atoms with van der Waals surface area (Å²) < 4.78 is 3.48. The molecule has 1 N–H and O–H groups in total. The minimum absolute atomic E-state index is 0.0507. The van der Waals surface area contributed by atoms with Crippen LogP contribution in [0.15, 0.2) is 77.9 Å². The van der Waals surface area contributed by atoms with Crippen molar-refractivity contribution >= 4 is 34.0 Å². The van der Waals surface area contributed by atoms with E-state index in [1.54, 1.807) is 34.4 Å². The van der Waals surface area contributed by atoms with E-state index >= 15 is 0 Å². The van der Waals surface area contributed by atoms with Gasteiger partial charge in [-0.1, -0.05) is 18.2 Å². The van der Waals surface area contributed by atoms with Gasteiger partial charge in [-0.15, -0.1) is 11.3 Å². The van der Waals surface area contributed by atoms with Crippen molar-refractivity contribution in [3.63, 3.8) is 0 Å². The third-order valence-electron chi connectivity index (χ3n) is 5.76. The molecule has 0 aliphatic rings. The van der Waals surface area contributed by atoms with Crippen molar-refractivity contribution in [1.29, 1.82) is 0 Å². The van der Waals surface area contributed by atoms with E-state index < -0.39 is 0 Å². The van der Waals surface area contributed by atoms with Gasteiger partial charge in [0, 0.05) is 28.9 Å². The summed E-state index contributed by atoms with van der Waals surface area (Å²) in [4.78, 5) is 32.4. The number of aromatic nitrogens is 4. The molecule has 35 heavy (non-hydrogen) atoms. The average Bonchev–Trinajstić information content (AvgIpc) is 3.47. The molecule has 0 atom stereocenters. The minimum Gasteiger partial charge on any atom is -0.322 e. The third kappa shape index (κ3) is 4.65. The van der Waals surface area contributed by atoms with E-state index in [1.165, 1.54) is 10.9 Å². The number of hydrogen-bond donors (Lipinski definition) is 1. The first-order valence-corrected chi connectivity index (χ1v) is 12.2. The molecule has 0 aliphatic heterocycles. The highest BCUT2D eigenvalue weighted by molar-refractivity contribution is 7.15. The van der Waals surface area contributed by atoms with Crippen LogP contribution in [-0.4, -0.2) is 25.2 Å². The van der Waals surface area contributed by atoms with Crippen molar-refractivity contribution in [2.24, 2.45) is 0 Å². The molecule has 0 spiro atoms. The molecule has 7 nitrogen and oxygen atoms in total. The zero-order chi connectivity index (χ0) is 24.5. The molecule has 4 aromatic heterocycles. The summed E-state index contributed by atoms with van der Waals surface area (Å²) in [6, 6.07) is 18.6. The molecule has 0 radical (unpaired) electrons. The summed E-state index contributed by atoms with van der Waals surface area (Å²) >= 11 is 1.65. The Labute approximate surface area is 206 Å². The van der Waals surface area contributed by atoms with Crippen molar-refractivity contribution in [2.45, 2.75) is 33.4 Å². The van der Waals surface area contributed by atoms with Crippen molar-refractivity contribution in [3.05, 3.63) is 99.4 Å². The minimum atomic E-state index is -0.220. The van der Waals surface area contributed by atoms with Crippen LogP contribution in [-0.2, 0) is 6.54 Å². The summed E-state index contributed by atoms with van der Waals surface area (Å²) in [5.74, 6) is -0.220. The zero-order valence-electron chi connectivity index (χ0n) is 19.7. The number of pyridine rings is 2. The summed E-state index contributed by atoms with van der Waals surface area (Å²) in [5.41, 5.74) is 3.57. The number of thiophene rings is 1. The number of anilines is 1. The van der Waals surface area contributed by atoms with E-state index in [1.807, 2.05) is 61.0 Å². The molecule has 5 aromatic rings. The molecule has 0 aliphatic carbocycles. The van der Waals surface area contributed by atoms with Crippen molar-refractivity contribution < 1.29 is 4.79 Å². The van der Waals surface area contributed by atoms with Crippen LogP contribution in [0, 0.1) is 6.92 Å². The number of fused-ring (bicyclic) bond motifs is 1. The van der Waals surface area contributed by atoms with Gasteiger partial charge in [-0.2, -0.15) is 5.10 Å². The van der Waals surface area contributed by atoms with Crippen LogP contribution in [0.3, 0.4) is 0 Å². The van der Waals surface area contributed by atoms with Crippen LogP contribution in [0.1, 0.15) is 40.7 Å². The van der Waals surface area contributed by atoms with E-state index in [2.05, 4.69) is 23.4 Å². The van der Waals surface area contributed by atoms with Gasteiger partial charge in [0.2, 0.25) is 0 Å². The lowest BCUT2D eigenvalue weighted by Gasteiger charge is -2.11. The molecule has 5 rings (SSSR count). The van der Waals surface area contributed by atoms with Crippen LogP contribution in [0.25, 0.3) is 21.6 Å². The van der Waals surface area contributed by atoms with E-state index in [0.717, 1.165) is 16.1 Å². The molecule has 4 heterocycles. The molecule has 1 aromatic carbocycles. The SMILES string of the molecule is Cc1ccc(-c2cc(C(=O)Nc3ccc(Cn4ccccc4=O)cc3)c3cnn(C(C)C)c3n2)s1. The smallest absolute Gasteiger partial charge is 0.256 e. The number of rotatable bonds is 6. The lowest BCUT2D eigenvalue weighted by molar-refractivity contribution is 0.102. The maximum Gasteiger partial charge on any atom is 0.256 e. The van der Waals surface area contributed by atoms with E-state index in [0.29, 0.717) is 28.8 Å². The molecule has 176 valence electrons. The molecule has 0 fully saturated rings. The number of amides is 1. The summed E-state index contributed by atoms with van der Waals surface area (Å²) in [6.45, 7) is 6.61.